The lowest BCUT2D eigenvalue weighted by atomic mass is 10.1. The van der Waals surface area contributed by atoms with Gasteiger partial charge in [-0.05, 0) is 31.0 Å². The molecule has 1 N–H and O–H groups in total. The summed E-state index contributed by atoms with van der Waals surface area (Å²) in [5.74, 6) is 2.04. The Morgan fingerprint density at radius 1 is 1.36 bits per heavy atom. The van der Waals surface area contributed by atoms with E-state index in [0.717, 1.165) is 5.92 Å². The molecule has 0 bridgehead atoms. The highest BCUT2D eigenvalue weighted by atomic mass is 32.2. The quantitative estimate of drug-likeness (QED) is 0.765. The Kier molecular flexibility index (Phi) is 3.49. The van der Waals surface area contributed by atoms with Crippen LogP contribution in [0.4, 0.5) is 0 Å². The lowest BCUT2D eigenvalue weighted by Crippen LogP contribution is -2.28. The van der Waals surface area contributed by atoms with E-state index in [1.54, 1.807) is 0 Å². The molecule has 0 amide bonds. The third kappa shape index (κ3) is 2.52. The lowest BCUT2D eigenvalue weighted by molar-refractivity contribution is 0.526. The zero-order valence-corrected chi connectivity index (χ0v) is 9.39. The standard InChI is InChI=1S/C12H17NS/c1-10-7-8-13-12(10)9-14-11-5-3-2-4-6-11/h2-6,10,12-13H,7-9H2,1H3/t10-,12+/m0/s1. The highest BCUT2D eigenvalue weighted by Gasteiger charge is 2.22. The Labute approximate surface area is 90.3 Å². The van der Waals surface area contributed by atoms with Gasteiger partial charge in [0.05, 0.1) is 0 Å². The summed E-state index contributed by atoms with van der Waals surface area (Å²) >= 11 is 1.96. The first-order valence-corrected chi connectivity index (χ1v) is 6.26. The molecule has 2 rings (SSSR count). The van der Waals surface area contributed by atoms with Gasteiger partial charge in [-0.3, -0.25) is 0 Å². The van der Waals surface area contributed by atoms with E-state index in [2.05, 4.69) is 42.6 Å². The summed E-state index contributed by atoms with van der Waals surface area (Å²) in [5.41, 5.74) is 0. The predicted molar refractivity (Wildman–Crippen MR) is 62.7 cm³/mol. The largest absolute Gasteiger partial charge is 0.313 e. The summed E-state index contributed by atoms with van der Waals surface area (Å²) in [6, 6.07) is 11.4. The molecule has 0 radical (unpaired) electrons. The van der Waals surface area contributed by atoms with Crippen molar-refractivity contribution in [3.05, 3.63) is 30.3 Å². The van der Waals surface area contributed by atoms with E-state index >= 15 is 0 Å². The molecule has 1 saturated heterocycles. The van der Waals surface area contributed by atoms with E-state index in [4.69, 9.17) is 0 Å². The number of thioether (sulfide) groups is 1. The molecule has 0 aliphatic carbocycles. The van der Waals surface area contributed by atoms with Crippen molar-refractivity contribution in [2.45, 2.75) is 24.3 Å². The zero-order chi connectivity index (χ0) is 9.80. The Bertz CT molecular complexity index is 273. The van der Waals surface area contributed by atoms with Crippen LogP contribution in [-0.4, -0.2) is 18.3 Å². The third-order valence-corrected chi connectivity index (χ3v) is 4.00. The molecule has 2 heteroatoms. The fourth-order valence-electron chi connectivity index (χ4n) is 1.82. The molecule has 1 aliphatic rings. The molecule has 1 heterocycles. The number of hydrogen-bond acceptors (Lipinski definition) is 2. The Morgan fingerprint density at radius 3 is 2.79 bits per heavy atom. The average molecular weight is 207 g/mol. The molecule has 1 fully saturated rings. The summed E-state index contributed by atoms with van der Waals surface area (Å²) in [6.45, 7) is 3.54. The van der Waals surface area contributed by atoms with Crippen LogP contribution in [-0.2, 0) is 0 Å². The van der Waals surface area contributed by atoms with E-state index in [1.165, 1.54) is 23.6 Å². The van der Waals surface area contributed by atoms with Crippen molar-refractivity contribution in [2.75, 3.05) is 12.3 Å². The van der Waals surface area contributed by atoms with Gasteiger partial charge in [0.15, 0.2) is 0 Å². The van der Waals surface area contributed by atoms with Crippen LogP contribution >= 0.6 is 11.8 Å². The minimum Gasteiger partial charge on any atom is -0.313 e. The molecule has 2 atom stereocenters. The molecule has 1 aromatic rings. The van der Waals surface area contributed by atoms with Gasteiger partial charge in [0, 0.05) is 16.7 Å². The average Bonchev–Trinajstić information content (AvgIpc) is 2.63. The number of nitrogens with one attached hydrogen (secondary N) is 1. The van der Waals surface area contributed by atoms with Crippen LogP contribution < -0.4 is 5.32 Å². The smallest absolute Gasteiger partial charge is 0.0187 e. The molecule has 0 saturated carbocycles. The minimum absolute atomic E-state index is 0.709. The molecular weight excluding hydrogens is 190 g/mol. The van der Waals surface area contributed by atoms with Crippen molar-refractivity contribution in [1.29, 1.82) is 0 Å². The molecule has 1 aromatic carbocycles. The number of benzene rings is 1. The Balaban J connectivity index is 1.82. The summed E-state index contributed by atoms with van der Waals surface area (Å²) in [4.78, 5) is 1.38. The molecule has 1 nitrogen and oxygen atoms in total. The van der Waals surface area contributed by atoms with Crippen LogP contribution in [0.15, 0.2) is 35.2 Å². The first-order valence-electron chi connectivity index (χ1n) is 5.27. The van der Waals surface area contributed by atoms with Crippen molar-refractivity contribution >= 4 is 11.8 Å². The van der Waals surface area contributed by atoms with Gasteiger partial charge in [-0.1, -0.05) is 25.1 Å². The van der Waals surface area contributed by atoms with Crippen LogP contribution in [0.2, 0.25) is 0 Å². The highest BCUT2D eigenvalue weighted by Crippen LogP contribution is 2.23. The normalized spacial score (nSPS) is 26.6. The van der Waals surface area contributed by atoms with Crippen molar-refractivity contribution in [1.82, 2.24) is 5.32 Å². The van der Waals surface area contributed by atoms with E-state index < -0.39 is 0 Å². The molecule has 0 unspecified atom stereocenters. The summed E-state index contributed by atoms with van der Waals surface area (Å²) in [5, 5.41) is 3.56. The maximum atomic E-state index is 3.56. The van der Waals surface area contributed by atoms with Crippen LogP contribution in [0.3, 0.4) is 0 Å². The molecule has 0 aromatic heterocycles. The second-order valence-electron chi connectivity index (χ2n) is 3.95. The van der Waals surface area contributed by atoms with Gasteiger partial charge >= 0.3 is 0 Å². The van der Waals surface area contributed by atoms with Crippen LogP contribution in [0.25, 0.3) is 0 Å². The van der Waals surface area contributed by atoms with Crippen molar-refractivity contribution in [3.63, 3.8) is 0 Å². The van der Waals surface area contributed by atoms with Gasteiger partial charge in [0.2, 0.25) is 0 Å². The monoisotopic (exact) mass is 207 g/mol. The summed E-state index contributed by atoms with van der Waals surface area (Å²) < 4.78 is 0. The predicted octanol–water partition coefficient (Wildman–Crippen LogP) is 2.78. The Morgan fingerprint density at radius 2 is 2.14 bits per heavy atom. The molecular formula is C12H17NS. The Hall–Kier alpha value is -0.470. The van der Waals surface area contributed by atoms with E-state index in [0.29, 0.717) is 6.04 Å². The molecule has 14 heavy (non-hydrogen) atoms. The second kappa shape index (κ2) is 4.85. The molecule has 0 spiro atoms. The zero-order valence-electron chi connectivity index (χ0n) is 8.57. The van der Waals surface area contributed by atoms with Gasteiger partial charge in [0.1, 0.15) is 0 Å². The number of rotatable bonds is 3. The van der Waals surface area contributed by atoms with Gasteiger partial charge in [0.25, 0.3) is 0 Å². The molecule has 1 aliphatic heterocycles. The van der Waals surface area contributed by atoms with Gasteiger partial charge in [-0.25, -0.2) is 0 Å². The van der Waals surface area contributed by atoms with E-state index in [-0.39, 0.29) is 0 Å². The summed E-state index contributed by atoms with van der Waals surface area (Å²) in [6.07, 6.45) is 1.33. The minimum atomic E-state index is 0.709. The fourth-order valence-corrected chi connectivity index (χ4v) is 2.99. The van der Waals surface area contributed by atoms with Crippen molar-refractivity contribution in [3.8, 4) is 0 Å². The van der Waals surface area contributed by atoms with Gasteiger partial charge in [-0.2, -0.15) is 0 Å². The SMILES string of the molecule is C[C@H]1CCN[C@@H]1CSc1ccccc1. The van der Waals surface area contributed by atoms with Crippen molar-refractivity contribution < 1.29 is 0 Å². The van der Waals surface area contributed by atoms with Gasteiger partial charge < -0.3 is 5.32 Å². The van der Waals surface area contributed by atoms with Crippen LogP contribution in [0.1, 0.15) is 13.3 Å². The van der Waals surface area contributed by atoms with Gasteiger partial charge in [-0.15, -0.1) is 11.8 Å². The van der Waals surface area contributed by atoms with Crippen LogP contribution in [0, 0.1) is 5.92 Å². The van der Waals surface area contributed by atoms with E-state index in [1.807, 2.05) is 11.8 Å². The summed E-state index contributed by atoms with van der Waals surface area (Å²) in [7, 11) is 0. The first-order chi connectivity index (χ1) is 6.86. The van der Waals surface area contributed by atoms with E-state index in [9.17, 15) is 0 Å². The fraction of sp³-hybridized carbons (Fsp3) is 0.500. The third-order valence-electron chi connectivity index (χ3n) is 2.87. The lowest BCUT2D eigenvalue weighted by Gasteiger charge is -2.14. The maximum Gasteiger partial charge on any atom is 0.0187 e. The topological polar surface area (TPSA) is 12.0 Å². The van der Waals surface area contributed by atoms with Crippen molar-refractivity contribution in [2.24, 2.45) is 5.92 Å². The first kappa shape index (κ1) is 10.1. The number of hydrogen-bond donors (Lipinski definition) is 1. The highest BCUT2D eigenvalue weighted by molar-refractivity contribution is 7.99. The molecule has 76 valence electrons. The maximum absolute atomic E-state index is 3.56. The second-order valence-corrected chi connectivity index (χ2v) is 5.04. The van der Waals surface area contributed by atoms with Crippen LogP contribution in [0.5, 0.6) is 0 Å².